The van der Waals surface area contributed by atoms with Crippen LogP contribution < -0.4 is 44.8 Å². The van der Waals surface area contributed by atoms with Gasteiger partial charge < -0.3 is 19.1 Å². The molecule has 2 aromatic carbocycles. The van der Waals surface area contributed by atoms with Gasteiger partial charge in [0.15, 0.2) is 0 Å². The minimum absolute atomic E-state index is 0. The zero-order valence-corrected chi connectivity index (χ0v) is 13.5. The van der Waals surface area contributed by atoms with Crippen molar-refractivity contribution in [3.63, 3.8) is 0 Å². The van der Waals surface area contributed by atoms with Gasteiger partial charge in [-0.1, -0.05) is 0 Å². The van der Waals surface area contributed by atoms with Crippen molar-refractivity contribution in [2.24, 2.45) is 0 Å². The van der Waals surface area contributed by atoms with E-state index in [-0.39, 0.29) is 45.9 Å². The van der Waals surface area contributed by atoms with Gasteiger partial charge in [-0.05, 0) is 42.0 Å². The molecule has 1 aromatic heterocycles. The van der Waals surface area contributed by atoms with Crippen molar-refractivity contribution in [2.45, 2.75) is 0 Å². The van der Waals surface area contributed by atoms with Crippen molar-refractivity contribution in [3.05, 3.63) is 52.2 Å². The summed E-state index contributed by atoms with van der Waals surface area (Å²) in [7, 11) is 1.50. The van der Waals surface area contributed by atoms with Gasteiger partial charge in [0.2, 0.25) is 5.43 Å². The Labute approximate surface area is 141 Å². The minimum atomic E-state index is -1.34. The van der Waals surface area contributed by atoms with E-state index < -0.39 is 5.97 Å². The number of hydrogen-bond acceptors (Lipinski definition) is 5. The van der Waals surface area contributed by atoms with E-state index in [4.69, 9.17) is 9.15 Å². The second kappa shape index (κ2) is 5.89. The number of carbonyl (C=O) groups is 1. The summed E-state index contributed by atoms with van der Waals surface area (Å²) in [5.74, 6) is -0.808. The van der Waals surface area contributed by atoms with Gasteiger partial charge in [-0.15, -0.1) is 0 Å². The second-order valence-electron chi connectivity index (χ2n) is 4.29. The number of benzene rings is 2. The van der Waals surface area contributed by atoms with Crippen LogP contribution in [0.15, 0.2) is 45.6 Å². The van der Waals surface area contributed by atoms with Crippen LogP contribution in [0, 0.1) is 0 Å². The summed E-state index contributed by atoms with van der Waals surface area (Å²) in [5, 5.41) is 11.4. The van der Waals surface area contributed by atoms with Crippen molar-refractivity contribution >= 4 is 27.9 Å². The van der Waals surface area contributed by atoms with Gasteiger partial charge in [0, 0.05) is 0 Å². The van der Waals surface area contributed by atoms with Crippen LogP contribution in [-0.4, -0.2) is 13.1 Å². The van der Waals surface area contributed by atoms with Crippen LogP contribution in [0.2, 0.25) is 0 Å². The molecule has 0 amide bonds. The monoisotopic (exact) mass is 292 g/mol. The van der Waals surface area contributed by atoms with Crippen LogP contribution in [-0.2, 0) is 0 Å². The van der Waals surface area contributed by atoms with Gasteiger partial charge in [-0.2, -0.15) is 0 Å². The summed E-state index contributed by atoms with van der Waals surface area (Å²) in [6.07, 6.45) is 0. The maximum Gasteiger partial charge on any atom is 1.00 e. The first-order valence-corrected chi connectivity index (χ1v) is 5.86. The van der Waals surface area contributed by atoms with Gasteiger partial charge in [0.05, 0.1) is 23.9 Å². The normalized spacial score (nSPS) is 10.3. The molecule has 0 aliphatic heterocycles. The van der Waals surface area contributed by atoms with E-state index in [2.05, 4.69) is 0 Å². The fourth-order valence-electron chi connectivity index (χ4n) is 2.09. The largest absolute Gasteiger partial charge is 1.00 e. The van der Waals surface area contributed by atoms with Gasteiger partial charge in [-0.25, -0.2) is 0 Å². The molecule has 1 heterocycles. The molecule has 0 bridgehead atoms. The predicted molar refractivity (Wildman–Crippen MR) is 70.9 cm³/mol. The van der Waals surface area contributed by atoms with E-state index in [0.29, 0.717) is 22.3 Å². The molecule has 21 heavy (non-hydrogen) atoms. The fraction of sp³-hybridized carbons (Fsp3) is 0.0667. The Morgan fingerprint density at radius 3 is 2.33 bits per heavy atom. The molecule has 0 unspecified atom stereocenters. The average molecular weight is 292 g/mol. The van der Waals surface area contributed by atoms with Crippen LogP contribution in [0.5, 0.6) is 5.75 Å². The van der Waals surface area contributed by atoms with Crippen LogP contribution >= 0.6 is 0 Å². The first kappa shape index (κ1) is 15.6. The molecule has 0 saturated carbocycles. The maximum absolute atomic E-state index is 12.4. The summed E-state index contributed by atoms with van der Waals surface area (Å²) in [6, 6.07) is 8.94. The number of methoxy groups -OCH3 is 1. The van der Waals surface area contributed by atoms with Crippen molar-refractivity contribution in [3.8, 4) is 5.75 Å². The molecule has 100 valence electrons. The third-order valence-corrected chi connectivity index (χ3v) is 3.11. The first-order valence-electron chi connectivity index (χ1n) is 5.86. The molecule has 0 aliphatic carbocycles. The fourth-order valence-corrected chi connectivity index (χ4v) is 2.09. The van der Waals surface area contributed by atoms with E-state index >= 15 is 0 Å². The van der Waals surface area contributed by atoms with Crippen molar-refractivity contribution in [2.75, 3.05) is 7.11 Å². The summed E-state index contributed by atoms with van der Waals surface area (Å²) in [4.78, 5) is 23.3. The molecule has 5 nitrogen and oxygen atoms in total. The van der Waals surface area contributed by atoms with Gasteiger partial charge in [-0.3, -0.25) is 4.79 Å². The maximum atomic E-state index is 12.4. The average Bonchev–Trinajstić information content (AvgIpc) is 2.47. The van der Waals surface area contributed by atoms with E-state index in [1.807, 2.05) is 0 Å². The zero-order valence-electron chi connectivity index (χ0n) is 11.5. The predicted octanol–water partition coefficient (Wildman–Crippen LogP) is -1.68. The Morgan fingerprint density at radius 2 is 1.71 bits per heavy atom. The van der Waals surface area contributed by atoms with Gasteiger partial charge in [0.1, 0.15) is 16.9 Å². The first-order chi connectivity index (χ1) is 9.60. The van der Waals surface area contributed by atoms with E-state index in [1.165, 1.54) is 25.3 Å². The molecular formula is C15H9NaO5. The molecule has 0 atom stereocenters. The number of hydrogen-bond donors (Lipinski definition) is 0. The number of ether oxygens (including phenoxy) is 1. The Kier molecular flexibility index (Phi) is 4.37. The SMILES string of the molecule is COc1ccc2oc3ccc(C(=O)[O-])cc3c(=O)c2c1.[Na+]. The Bertz CT molecular complexity index is 898. The van der Waals surface area contributed by atoms with Crippen LogP contribution in [0.1, 0.15) is 10.4 Å². The summed E-state index contributed by atoms with van der Waals surface area (Å²) in [5.41, 5.74) is 0.387. The number of rotatable bonds is 2. The molecule has 0 radical (unpaired) electrons. The van der Waals surface area contributed by atoms with Crippen molar-refractivity contribution < 1.29 is 48.6 Å². The van der Waals surface area contributed by atoms with E-state index in [1.54, 1.807) is 18.2 Å². The van der Waals surface area contributed by atoms with E-state index in [9.17, 15) is 14.7 Å². The second-order valence-corrected chi connectivity index (χ2v) is 4.29. The van der Waals surface area contributed by atoms with Gasteiger partial charge >= 0.3 is 29.6 Å². The molecule has 0 saturated heterocycles. The third kappa shape index (κ3) is 2.68. The van der Waals surface area contributed by atoms with Crippen molar-refractivity contribution in [1.82, 2.24) is 0 Å². The Morgan fingerprint density at radius 1 is 1.10 bits per heavy atom. The molecule has 3 aromatic rings. The van der Waals surface area contributed by atoms with Crippen LogP contribution in [0.3, 0.4) is 0 Å². The third-order valence-electron chi connectivity index (χ3n) is 3.11. The van der Waals surface area contributed by atoms with Crippen LogP contribution in [0.25, 0.3) is 21.9 Å². The molecule has 0 fully saturated rings. The Balaban J connectivity index is 0.00000161. The zero-order chi connectivity index (χ0) is 14.3. The molecule has 3 rings (SSSR count). The number of carboxylic acid groups (broad SMARTS) is 1. The summed E-state index contributed by atoms with van der Waals surface area (Å²) < 4.78 is 10.7. The number of carbonyl (C=O) groups excluding carboxylic acids is 1. The van der Waals surface area contributed by atoms with E-state index in [0.717, 1.165) is 0 Å². The van der Waals surface area contributed by atoms with Crippen LogP contribution in [0.4, 0.5) is 0 Å². The number of aromatic carboxylic acids is 1. The summed E-state index contributed by atoms with van der Waals surface area (Å²) in [6.45, 7) is 0. The molecule has 0 aliphatic rings. The topological polar surface area (TPSA) is 79.6 Å². The molecule has 0 spiro atoms. The number of carboxylic acids is 1. The van der Waals surface area contributed by atoms with Gasteiger partial charge in [0.25, 0.3) is 0 Å². The Hall–Kier alpha value is -1.82. The number of fused-ring (bicyclic) bond motifs is 2. The molecule has 6 heteroatoms. The quantitative estimate of drug-likeness (QED) is 0.416. The summed E-state index contributed by atoms with van der Waals surface area (Å²) >= 11 is 0. The smallest absolute Gasteiger partial charge is 0.545 e. The standard InChI is InChI=1S/C15H10O5.Na/c1-19-9-3-5-13-11(7-9)14(16)10-6-8(15(17)18)2-4-12(10)20-13;/h2-7H,1H3,(H,17,18);/q;+1/p-1. The molecule has 0 N–H and O–H groups in total. The minimum Gasteiger partial charge on any atom is -0.545 e. The van der Waals surface area contributed by atoms with Crippen molar-refractivity contribution in [1.29, 1.82) is 0 Å². The molecular weight excluding hydrogens is 283 g/mol.